The number of imidazole rings is 1. The predicted octanol–water partition coefficient (Wildman–Crippen LogP) is 1.77. The maximum Gasteiger partial charge on any atom is 0.180 e. The molecule has 5 nitrogen and oxygen atoms in total. The third-order valence-corrected chi connectivity index (χ3v) is 3.41. The molecule has 5 heteroatoms. The molecule has 1 saturated carbocycles. The highest BCUT2D eigenvalue weighted by atomic mass is 15.1. The van der Waals surface area contributed by atoms with Gasteiger partial charge in [0.1, 0.15) is 5.82 Å². The van der Waals surface area contributed by atoms with Gasteiger partial charge in [0.15, 0.2) is 11.5 Å². The first-order valence-corrected chi connectivity index (χ1v) is 6.07. The molecule has 0 aromatic carbocycles. The average Bonchev–Trinajstić information content (AvgIpc) is 3.05. The third-order valence-electron chi connectivity index (χ3n) is 3.41. The van der Waals surface area contributed by atoms with E-state index in [1.54, 1.807) is 12.4 Å². The van der Waals surface area contributed by atoms with E-state index in [2.05, 4.69) is 22.2 Å². The van der Waals surface area contributed by atoms with Crippen LogP contribution in [0.15, 0.2) is 18.6 Å². The summed E-state index contributed by atoms with van der Waals surface area (Å²) in [7, 11) is 0. The van der Waals surface area contributed by atoms with Crippen LogP contribution < -0.4 is 11.1 Å². The van der Waals surface area contributed by atoms with Crippen LogP contribution in [0.2, 0.25) is 0 Å². The van der Waals surface area contributed by atoms with Crippen LogP contribution in [0.25, 0.3) is 5.65 Å². The lowest BCUT2D eigenvalue weighted by atomic mass is 10.1. The molecule has 0 radical (unpaired) electrons. The Hall–Kier alpha value is -1.78. The van der Waals surface area contributed by atoms with Crippen LogP contribution >= 0.6 is 0 Å². The van der Waals surface area contributed by atoms with Crippen molar-refractivity contribution in [3.05, 3.63) is 18.6 Å². The number of hydrogen-bond donors (Lipinski definition) is 2. The zero-order valence-electron chi connectivity index (χ0n) is 9.93. The first-order chi connectivity index (χ1) is 8.24. The van der Waals surface area contributed by atoms with E-state index in [4.69, 9.17) is 5.73 Å². The van der Waals surface area contributed by atoms with E-state index >= 15 is 0 Å². The molecule has 3 N–H and O–H groups in total. The molecule has 3 rings (SSSR count). The number of aromatic nitrogens is 3. The van der Waals surface area contributed by atoms with E-state index in [9.17, 15) is 0 Å². The number of anilines is 2. The third kappa shape index (κ3) is 2.05. The van der Waals surface area contributed by atoms with Crippen LogP contribution in [-0.2, 0) is 0 Å². The SMILES string of the molecule is CC(CNc1nc(N)cn2ccnc12)C1CC1. The maximum atomic E-state index is 5.76. The zero-order chi connectivity index (χ0) is 11.8. The molecule has 0 spiro atoms. The van der Waals surface area contributed by atoms with E-state index in [0.717, 1.165) is 23.9 Å². The molecule has 1 aliphatic rings. The fraction of sp³-hybridized carbons (Fsp3) is 0.500. The van der Waals surface area contributed by atoms with Crippen LogP contribution in [0.1, 0.15) is 19.8 Å². The van der Waals surface area contributed by atoms with Gasteiger partial charge < -0.3 is 15.5 Å². The van der Waals surface area contributed by atoms with Crippen LogP contribution in [0.3, 0.4) is 0 Å². The molecular formula is C12H17N5. The Bertz CT molecular complexity index is 529. The van der Waals surface area contributed by atoms with Crippen LogP contribution in [0, 0.1) is 11.8 Å². The van der Waals surface area contributed by atoms with Crippen molar-refractivity contribution in [3.63, 3.8) is 0 Å². The fourth-order valence-corrected chi connectivity index (χ4v) is 2.16. The Morgan fingerprint density at radius 3 is 3.18 bits per heavy atom. The molecule has 1 fully saturated rings. The Balaban J connectivity index is 1.80. The topological polar surface area (TPSA) is 68.2 Å². The molecule has 90 valence electrons. The first-order valence-electron chi connectivity index (χ1n) is 6.07. The van der Waals surface area contributed by atoms with Gasteiger partial charge in [-0.15, -0.1) is 0 Å². The molecule has 0 amide bonds. The standard InChI is InChI=1S/C12H17N5/c1-8(9-2-3-9)6-15-11-12-14-4-5-17(12)7-10(13)16-11/h4-5,7-9H,2-3,6,13H2,1H3,(H,15,16). The van der Waals surface area contributed by atoms with Gasteiger partial charge >= 0.3 is 0 Å². The highest BCUT2D eigenvalue weighted by Crippen LogP contribution is 2.36. The summed E-state index contributed by atoms with van der Waals surface area (Å²) in [5.41, 5.74) is 6.60. The van der Waals surface area contributed by atoms with Crippen molar-refractivity contribution < 1.29 is 0 Å². The van der Waals surface area contributed by atoms with Gasteiger partial charge in [0, 0.05) is 18.9 Å². The van der Waals surface area contributed by atoms with Gasteiger partial charge in [0.25, 0.3) is 0 Å². The molecule has 2 aromatic rings. The zero-order valence-corrected chi connectivity index (χ0v) is 9.93. The number of fused-ring (bicyclic) bond motifs is 1. The minimum absolute atomic E-state index is 0.511. The lowest BCUT2D eigenvalue weighted by Crippen LogP contribution is -2.15. The molecule has 2 heterocycles. The van der Waals surface area contributed by atoms with Crippen LogP contribution in [0.4, 0.5) is 11.6 Å². The molecule has 1 aliphatic carbocycles. The van der Waals surface area contributed by atoms with Crippen LogP contribution in [-0.4, -0.2) is 20.9 Å². The number of nitrogens with zero attached hydrogens (tertiary/aromatic N) is 3. The van der Waals surface area contributed by atoms with E-state index in [0.29, 0.717) is 11.7 Å². The minimum Gasteiger partial charge on any atom is -0.382 e. The predicted molar refractivity (Wildman–Crippen MR) is 67.8 cm³/mol. The van der Waals surface area contributed by atoms with Gasteiger partial charge in [0.05, 0.1) is 6.20 Å². The number of nitrogens with one attached hydrogen (secondary N) is 1. The summed E-state index contributed by atoms with van der Waals surface area (Å²) < 4.78 is 1.90. The van der Waals surface area contributed by atoms with Crippen molar-refractivity contribution >= 4 is 17.3 Å². The molecular weight excluding hydrogens is 214 g/mol. The van der Waals surface area contributed by atoms with E-state index in [-0.39, 0.29) is 0 Å². The van der Waals surface area contributed by atoms with Crippen molar-refractivity contribution in [3.8, 4) is 0 Å². The lowest BCUT2D eigenvalue weighted by molar-refractivity contribution is 0.536. The lowest BCUT2D eigenvalue weighted by Gasteiger charge is -2.12. The Morgan fingerprint density at radius 2 is 2.41 bits per heavy atom. The highest BCUT2D eigenvalue weighted by molar-refractivity contribution is 5.64. The first kappa shape index (κ1) is 10.4. The summed E-state index contributed by atoms with van der Waals surface area (Å²) in [5, 5.41) is 3.36. The van der Waals surface area contributed by atoms with E-state index in [1.807, 2.05) is 10.6 Å². The molecule has 1 atom stereocenters. The van der Waals surface area contributed by atoms with Crippen molar-refractivity contribution in [2.45, 2.75) is 19.8 Å². The molecule has 0 saturated heterocycles. The van der Waals surface area contributed by atoms with Gasteiger partial charge in [-0.05, 0) is 24.7 Å². The monoisotopic (exact) mass is 231 g/mol. The van der Waals surface area contributed by atoms with E-state index < -0.39 is 0 Å². The summed E-state index contributed by atoms with van der Waals surface area (Å²) in [6, 6.07) is 0. The van der Waals surface area contributed by atoms with Crippen molar-refractivity contribution in [1.82, 2.24) is 14.4 Å². The van der Waals surface area contributed by atoms with Crippen LogP contribution in [0.5, 0.6) is 0 Å². The fourth-order valence-electron chi connectivity index (χ4n) is 2.16. The molecule has 2 aromatic heterocycles. The Morgan fingerprint density at radius 1 is 1.59 bits per heavy atom. The summed E-state index contributed by atoms with van der Waals surface area (Å²) in [6.07, 6.45) is 8.14. The number of rotatable bonds is 4. The maximum absolute atomic E-state index is 5.76. The molecule has 17 heavy (non-hydrogen) atoms. The molecule has 1 unspecified atom stereocenters. The van der Waals surface area contributed by atoms with Gasteiger partial charge in [-0.2, -0.15) is 0 Å². The highest BCUT2D eigenvalue weighted by Gasteiger charge is 2.27. The number of nitrogens with two attached hydrogens (primary N) is 1. The number of hydrogen-bond acceptors (Lipinski definition) is 4. The minimum atomic E-state index is 0.511. The summed E-state index contributed by atoms with van der Waals surface area (Å²) in [4.78, 5) is 8.59. The van der Waals surface area contributed by atoms with Gasteiger partial charge in [-0.1, -0.05) is 6.92 Å². The van der Waals surface area contributed by atoms with Crippen molar-refractivity contribution in [2.75, 3.05) is 17.6 Å². The van der Waals surface area contributed by atoms with E-state index in [1.165, 1.54) is 12.8 Å². The second kappa shape index (κ2) is 3.91. The van der Waals surface area contributed by atoms with Gasteiger partial charge in [0.2, 0.25) is 0 Å². The van der Waals surface area contributed by atoms with Crippen molar-refractivity contribution in [2.24, 2.45) is 11.8 Å². The summed E-state index contributed by atoms with van der Waals surface area (Å²) >= 11 is 0. The summed E-state index contributed by atoms with van der Waals surface area (Å²) in [5.74, 6) is 2.87. The number of nitrogen functional groups attached to an aromatic ring is 1. The smallest absolute Gasteiger partial charge is 0.180 e. The Labute approximate surface area is 100 Å². The Kier molecular flexibility index (Phi) is 2.39. The second-order valence-electron chi connectivity index (χ2n) is 4.87. The normalized spacial score (nSPS) is 17.2. The quantitative estimate of drug-likeness (QED) is 0.841. The van der Waals surface area contributed by atoms with Gasteiger partial charge in [-0.25, -0.2) is 9.97 Å². The summed E-state index contributed by atoms with van der Waals surface area (Å²) in [6.45, 7) is 3.21. The molecule has 0 aliphatic heterocycles. The van der Waals surface area contributed by atoms with Gasteiger partial charge in [-0.3, -0.25) is 0 Å². The van der Waals surface area contributed by atoms with Crippen molar-refractivity contribution in [1.29, 1.82) is 0 Å². The average molecular weight is 231 g/mol. The second-order valence-corrected chi connectivity index (χ2v) is 4.87. The largest absolute Gasteiger partial charge is 0.382 e. The molecule has 0 bridgehead atoms.